The second kappa shape index (κ2) is 4.01. The van der Waals surface area contributed by atoms with Crippen LogP contribution in [0, 0.1) is 11.8 Å². The van der Waals surface area contributed by atoms with Gasteiger partial charge in [-0.25, -0.2) is 0 Å². The zero-order chi connectivity index (χ0) is 11.2. The highest BCUT2D eigenvalue weighted by atomic mass is 15.2. The molecule has 4 aliphatic rings. The first-order valence-electron chi connectivity index (χ1n) is 7.61. The number of rotatable bonds is 0. The topological polar surface area (TPSA) is 6.48 Å². The Bertz CT molecular complexity index is 336. The summed E-state index contributed by atoms with van der Waals surface area (Å²) in [6.07, 6.45) is 11.2. The lowest BCUT2D eigenvalue weighted by molar-refractivity contribution is -0.00969. The van der Waals surface area contributed by atoms with Gasteiger partial charge in [0.1, 0.15) is 0 Å². The van der Waals surface area contributed by atoms with Crippen molar-refractivity contribution in [1.82, 2.24) is 9.80 Å². The zero-order valence-electron chi connectivity index (χ0n) is 10.8. The van der Waals surface area contributed by atoms with Crippen LogP contribution in [0.1, 0.15) is 38.5 Å². The molecule has 0 spiro atoms. The standard InChI is InChI=1S/C15H24N2/c1-3-7-16-11-13-9-12(14(16)5-1)10-17-8-4-2-6-15(13)17/h5,12-13,15H,1-4,6-11H2/t12-,13+,15-/m0/s1. The smallest absolute Gasteiger partial charge is 0.0218 e. The summed E-state index contributed by atoms with van der Waals surface area (Å²) in [6, 6.07) is 0.934. The second-order valence-electron chi connectivity index (χ2n) is 6.47. The van der Waals surface area contributed by atoms with E-state index in [-0.39, 0.29) is 0 Å². The van der Waals surface area contributed by atoms with Crippen LogP contribution in [0.25, 0.3) is 0 Å². The summed E-state index contributed by atoms with van der Waals surface area (Å²) in [7, 11) is 0. The van der Waals surface area contributed by atoms with E-state index in [1.807, 2.05) is 0 Å². The van der Waals surface area contributed by atoms with Crippen molar-refractivity contribution in [2.24, 2.45) is 11.8 Å². The molecule has 4 heterocycles. The van der Waals surface area contributed by atoms with Crippen molar-refractivity contribution >= 4 is 0 Å². The first kappa shape index (κ1) is 10.4. The lowest BCUT2D eigenvalue weighted by atomic mass is 9.74. The van der Waals surface area contributed by atoms with Gasteiger partial charge in [0, 0.05) is 37.3 Å². The first-order chi connectivity index (χ1) is 8.42. The lowest BCUT2D eigenvalue weighted by Gasteiger charge is -2.54. The summed E-state index contributed by atoms with van der Waals surface area (Å²) in [6.45, 7) is 5.45. The fraction of sp³-hybridized carbons (Fsp3) is 0.867. The van der Waals surface area contributed by atoms with Crippen LogP contribution in [0.4, 0.5) is 0 Å². The van der Waals surface area contributed by atoms with Crippen molar-refractivity contribution in [2.75, 3.05) is 26.2 Å². The third-order valence-corrected chi connectivity index (χ3v) is 5.47. The summed E-state index contributed by atoms with van der Waals surface area (Å²) < 4.78 is 0. The Balaban J connectivity index is 1.62. The molecule has 0 saturated carbocycles. The number of piperidine rings is 3. The molecule has 0 aromatic rings. The van der Waals surface area contributed by atoms with E-state index in [9.17, 15) is 0 Å². The Morgan fingerprint density at radius 2 is 2.06 bits per heavy atom. The fourth-order valence-electron chi connectivity index (χ4n) is 4.76. The molecule has 0 aromatic heterocycles. The fourth-order valence-corrected chi connectivity index (χ4v) is 4.76. The predicted molar refractivity (Wildman–Crippen MR) is 69.7 cm³/mol. The molecular formula is C15H24N2. The molecule has 0 unspecified atom stereocenters. The number of fused-ring (bicyclic) bond motifs is 6. The first-order valence-corrected chi connectivity index (χ1v) is 7.61. The van der Waals surface area contributed by atoms with Crippen molar-refractivity contribution in [3.05, 3.63) is 11.8 Å². The highest BCUT2D eigenvalue weighted by Crippen LogP contribution is 2.42. The molecule has 0 radical (unpaired) electrons. The van der Waals surface area contributed by atoms with Crippen molar-refractivity contribution in [3.8, 4) is 0 Å². The Labute approximate surface area is 105 Å². The van der Waals surface area contributed by atoms with Gasteiger partial charge in [0.25, 0.3) is 0 Å². The molecule has 2 nitrogen and oxygen atoms in total. The van der Waals surface area contributed by atoms with Crippen molar-refractivity contribution in [3.63, 3.8) is 0 Å². The average Bonchev–Trinajstić information content (AvgIpc) is 2.39. The minimum absolute atomic E-state index is 0.878. The van der Waals surface area contributed by atoms with Crippen molar-refractivity contribution in [1.29, 1.82) is 0 Å². The Morgan fingerprint density at radius 3 is 3.06 bits per heavy atom. The van der Waals surface area contributed by atoms with Crippen molar-refractivity contribution in [2.45, 2.75) is 44.6 Å². The molecule has 3 atom stereocenters. The molecule has 3 fully saturated rings. The molecule has 0 amide bonds. The molecule has 94 valence electrons. The van der Waals surface area contributed by atoms with Gasteiger partial charge in [0.2, 0.25) is 0 Å². The normalized spacial score (nSPS) is 41.5. The van der Waals surface area contributed by atoms with E-state index in [2.05, 4.69) is 15.9 Å². The van der Waals surface area contributed by atoms with Gasteiger partial charge in [-0.2, -0.15) is 0 Å². The molecule has 17 heavy (non-hydrogen) atoms. The molecule has 3 saturated heterocycles. The minimum Gasteiger partial charge on any atom is -0.374 e. The molecule has 0 N–H and O–H groups in total. The molecular weight excluding hydrogens is 208 g/mol. The van der Waals surface area contributed by atoms with E-state index < -0.39 is 0 Å². The van der Waals surface area contributed by atoms with E-state index in [0.717, 1.165) is 17.9 Å². The van der Waals surface area contributed by atoms with Gasteiger partial charge in [0.15, 0.2) is 0 Å². The van der Waals surface area contributed by atoms with Gasteiger partial charge in [0.05, 0.1) is 0 Å². The van der Waals surface area contributed by atoms with Crippen LogP contribution in [0.5, 0.6) is 0 Å². The van der Waals surface area contributed by atoms with E-state index in [1.54, 1.807) is 5.70 Å². The van der Waals surface area contributed by atoms with Crippen LogP contribution in [0.2, 0.25) is 0 Å². The van der Waals surface area contributed by atoms with Crippen LogP contribution < -0.4 is 0 Å². The van der Waals surface area contributed by atoms with Gasteiger partial charge in [-0.1, -0.05) is 12.5 Å². The van der Waals surface area contributed by atoms with Crippen molar-refractivity contribution < 1.29 is 0 Å². The Hall–Kier alpha value is -0.500. The van der Waals surface area contributed by atoms with E-state index in [1.165, 1.54) is 64.7 Å². The predicted octanol–water partition coefficient (Wildman–Crippen LogP) is 2.47. The monoisotopic (exact) mass is 232 g/mol. The largest absolute Gasteiger partial charge is 0.374 e. The molecule has 2 bridgehead atoms. The maximum atomic E-state index is 2.83. The zero-order valence-corrected chi connectivity index (χ0v) is 10.8. The molecule has 4 aliphatic heterocycles. The second-order valence-corrected chi connectivity index (χ2v) is 6.47. The number of hydrogen-bond acceptors (Lipinski definition) is 2. The summed E-state index contributed by atoms with van der Waals surface area (Å²) >= 11 is 0. The van der Waals surface area contributed by atoms with Gasteiger partial charge < -0.3 is 4.90 Å². The number of allylic oxidation sites excluding steroid dienone is 1. The van der Waals surface area contributed by atoms with Crippen LogP contribution in [0.3, 0.4) is 0 Å². The maximum Gasteiger partial charge on any atom is 0.0218 e. The summed E-state index contributed by atoms with van der Waals surface area (Å²) in [5.41, 5.74) is 1.72. The highest BCUT2D eigenvalue weighted by Gasteiger charge is 2.43. The van der Waals surface area contributed by atoms with Crippen LogP contribution >= 0.6 is 0 Å². The lowest BCUT2D eigenvalue weighted by Crippen LogP contribution is -2.58. The van der Waals surface area contributed by atoms with Crippen LogP contribution in [-0.4, -0.2) is 42.0 Å². The third kappa shape index (κ3) is 1.64. The van der Waals surface area contributed by atoms with Gasteiger partial charge in [-0.05, 0) is 44.6 Å². The minimum atomic E-state index is 0.878. The van der Waals surface area contributed by atoms with Crippen LogP contribution in [-0.2, 0) is 0 Å². The SMILES string of the molecule is C1=C2[C@H]3C[C@H](CN2CCC1)[C@@H]1CCCCN1C3. The molecule has 4 rings (SSSR count). The van der Waals surface area contributed by atoms with Crippen LogP contribution in [0.15, 0.2) is 11.8 Å². The maximum absolute atomic E-state index is 2.83. The van der Waals surface area contributed by atoms with Gasteiger partial charge >= 0.3 is 0 Å². The molecule has 2 heteroatoms. The highest BCUT2D eigenvalue weighted by molar-refractivity contribution is 5.16. The summed E-state index contributed by atoms with van der Waals surface area (Å²) in [5, 5.41) is 0. The summed E-state index contributed by atoms with van der Waals surface area (Å²) in [4.78, 5) is 5.56. The van der Waals surface area contributed by atoms with E-state index in [0.29, 0.717) is 0 Å². The Morgan fingerprint density at radius 1 is 1.06 bits per heavy atom. The van der Waals surface area contributed by atoms with E-state index >= 15 is 0 Å². The van der Waals surface area contributed by atoms with E-state index in [4.69, 9.17) is 0 Å². The third-order valence-electron chi connectivity index (χ3n) is 5.47. The Kier molecular flexibility index (Phi) is 2.46. The van der Waals surface area contributed by atoms with Gasteiger partial charge in [-0.3, -0.25) is 4.90 Å². The molecule has 0 aromatic carbocycles. The summed E-state index contributed by atoms with van der Waals surface area (Å²) in [5.74, 6) is 1.85. The average molecular weight is 232 g/mol. The number of nitrogens with zero attached hydrogens (tertiary/aromatic N) is 2. The number of hydrogen-bond donors (Lipinski definition) is 0. The quantitative estimate of drug-likeness (QED) is 0.633. The molecule has 0 aliphatic carbocycles. The van der Waals surface area contributed by atoms with Gasteiger partial charge in [-0.15, -0.1) is 0 Å².